The third kappa shape index (κ3) is 4.78. The number of aryl methyl sites for hydroxylation is 1. The molecule has 1 aromatic heterocycles. The molecule has 0 fully saturated rings. The number of benzene rings is 1. The fourth-order valence-electron chi connectivity index (χ4n) is 2.71. The molecule has 0 saturated carbocycles. The number of carbonyl (C=O) groups is 1. The predicted molar refractivity (Wildman–Crippen MR) is 102 cm³/mol. The van der Waals surface area contributed by atoms with Gasteiger partial charge in [0.25, 0.3) is 5.91 Å². The summed E-state index contributed by atoms with van der Waals surface area (Å²) in [5.74, 6) is 0.955. The van der Waals surface area contributed by atoms with Crippen molar-refractivity contribution < 1.29 is 4.79 Å². The van der Waals surface area contributed by atoms with Crippen LogP contribution in [-0.4, -0.2) is 34.4 Å². The van der Waals surface area contributed by atoms with Crippen LogP contribution in [0.2, 0.25) is 0 Å². The largest absolute Gasteiger partial charge is 0.340 e. The van der Waals surface area contributed by atoms with Crippen LogP contribution in [0.15, 0.2) is 30.6 Å². The number of hydrogen-bond donors (Lipinski definition) is 1. The highest BCUT2D eigenvalue weighted by Crippen LogP contribution is 2.29. The van der Waals surface area contributed by atoms with E-state index < -0.39 is 0 Å². The molecule has 1 aromatic carbocycles. The minimum absolute atomic E-state index is 0.0761. The van der Waals surface area contributed by atoms with Crippen LogP contribution in [0.4, 0.5) is 11.5 Å². The third-order valence-electron chi connectivity index (χ3n) is 4.26. The number of nitrogens with zero attached hydrogens (tertiary/aromatic N) is 3. The number of rotatable bonds is 7. The highest BCUT2D eigenvalue weighted by molar-refractivity contribution is 5.92. The van der Waals surface area contributed by atoms with E-state index in [1.165, 1.54) is 11.9 Å². The van der Waals surface area contributed by atoms with Gasteiger partial charge in [-0.1, -0.05) is 45.4 Å². The molecule has 0 atom stereocenters. The Balaban J connectivity index is 2.24. The summed E-state index contributed by atoms with van der Waals surface area (Å²) >= 11 is 0. The molecular weight excluding hydrogens is 312 g/mol. The Hall–Kier alpha value is -2.43. The fraction of sp³-hybridized carbons (Fsp3) is 0.450. The van der Waals surface area contributed by atoms with Crippen molar-refractivity contribution in [3.8, 4) is 0 Å². The lowest BCUT2D eigenvalue weighted by atomic mass is 9.98. The van der Waals surface area contributed by atoms with Crippen molar-refractivity contribution in [3.05, 3.63) is 47.4 Å². The van der Waals surface area contributed by atoms with E-state index in [1.807, 2.05) is 7.05 Å². The quantitative estimate of drug-likeness (QED) is 0.805. The Kier molecular flexibility index (Phi) is 6.51. The van der Waals surface area contributed by atoms with E-state index >= 15 is 0 Å². The van der Waals surface area contributed by atoms with Gasteiger partial charge in [-0.05, 0) is 30.4 Å². The Morgan fingerprint density at radius 3 is 2.72 bits per heavy atom. The van der Waals surface area contributed by atoms with Gasteiger partial charge in [-0.3, -0.25) is 4.79 Å². The number of hydrogen-bond acceptors (Lipinski definition) is 4. The molecule has 0 aliphatic rings. The average molecular weight is 340 g/mol. The number of carbonyl (C=O) groups excluding carboxylic acids is 1. The Labute approximate surface area is 150 Å². The van der Waals surface area contributed by atoms with Crippen molar-refractivity contribution >= 4 is 17.4 Å². The van der Waals surface area contributed by atoms with E-state index in [4.69, 9.17) is 0 Å². The number of para-hydroxylation sites is 1. The van der Waals surface area contributed by atoms with E-state index in [0.717, 1.165) is 30.6 Å². The van der Waals surface area contributed by atoms with Crippen molar-refractivity contribution in [2.24, 2.45) is 0 Å². The van der Waals surface area contributed by atoms with Gasteiger partial charge in [0.15, 0.2) is 0 Å². The summed E-state index contributed by atoms with van der Waals surface area (Å²) in [7, 11) is 1.81. The minimum atomic E-state index is -0.0761. The number of nitrogens with one attached hydrogen (secondary N) is 1. The number of unbranched alkanes of at least 4 members (excludes halogenated alkanes) is 1. The molecule has 0 unspecified atom stereocenters. The zero-order valence-corrected chi connectivity index (χ0v) is 15.8. The smallest absolute Gasteiger partial charge is 0.272 e. The second-order valence-electron chi connectivity index (χ2n) is 6.69. The first kappa shape index (κ1) is 18.9. The molecule has 0 radical (unpaired) electrons. The molecule has 1 heterocycles. The molecule has 0 saturated heterocycles. The van der Waals surface area contributed by atoms with Crippen LogP contribution in [-0.2, 0) is 0 Å². The van der Waals surface area contributed by atoms with Gasteiger partial charge in [0, 0.05) is 25.3 Å². The summed E-state index contributed by atoms with van der Waals surface area (Å²) < 4.78 is 0. The lowest BCUT2D eigenvalue weighted by Crippen LogP contribution is -2.28. The normalized spacial score (nSPS) is 10.8. The molecule has 0 spiro atoms. The molecule has 1 N–H and O–H groups in total. The molecule has 2 aromatic rings. The number of anilines is 2. The van der Waals surface area contributed by atoms with Gasteiger partial charge < -0.3 is 10.2 Å². The molecule has 0 bridgehead atoms. The first-order chi connectivity index (χ1) is 11.9. The van der Waals surface area contributed by atoms with E-state index in [-0.39, 0.29) is 5.91 Å². The maximum Gasteiger partial charge on any atom is 0.272 e. The van der Waals surface area contributed by atoms with Crippen molar-refractivity contribution in [1.29, 1.82) is 0 Å². The Morgan fingerprint density at radius 2 is 2.04 bits per heavy atom. The Morgan fingerprint density at radius 1 is 1.28 bits per heavy atom. The lowest BCUT2D eigenvalue weighted by Gasteiger charge is -2.18. The number of aromatic nitrogens is 2. The third-order valence-corrected chi connectivity index (χ3v) is 4.26. The molecule has 134 valence electrons. The zero-order chi connectivity index (χ0) is 18.4. The van der Waals surface area contributed by atoms with Crippen LogP contribution in [0.3, 0.4) is 0 Å². The van der Waals surface area contributed by atoms with Gasteiger partial charge in [-0.2, -0.15) is 0 Å². The van der Waals surface area contributed by atoms with Crippen molar-refractivity contribution in [3.63, 3.8) is 0 Å². The van der Waals surface area contributed by atoms with Crippen molar-refractivity contribution in [2.45, 2.75) is 46.5 Å². The lowest BCUT2D eigenvalue weighted by molar-refractivity contribution is 0.0787. The van der Waals surface area contributed by atoms with Gasteiger partial charge >= 0.3 is 0 Å². The van der Waals surface area contributed by atoms with Crippen LogP contribution >= 0.6 is 0 Å². The second kappa shape index (κ2) is 8.60. The first-order valence-corrected chi connectivity index (χ1v) is 8.88. The van der Waals surface area contributed by atoms with Crippen molar-refractivity contribution in [2.75, 3.05) is 18.9 Å². The summed E-state index contributed by atoms with van der Waals surface area (Å²) in [6.45, 7) is 9.24. The highest BCUT2D eigenvalue weighted by Gasteiger charge is 2.15. The predicted octanol–water partition coefficient (Wildman–Crippen LogP) is 4.52. The molecule has 5 nitrogen and oxygen atoms in total. The molecule has 0 aliphatic heterocycles. The van der Waals surface area contributed by atoms with Crippen LogP contribution in [0.25, 0.3) is 0 Å². The topological polar surface area (TPSA) is 58.1 Å². The summed E-state index contributed by atoms with van der Waals surface area (Å²) in [4.78, 5) is 22.7. The van der Waals surface area contributed by atoms with Crippen LogP contribution in [0.5, 0.6) is 0 Å². The molecular formula is C20H28N4O. The summed E-state index contributed by atoms with van der Waals surface area (Å²) in [5.41, 5.74) is 3.84. The SMILES string of the molecule is CCCCN(C)C(=O)c1cc(Nc2c(C)cccc2C(C)C)ncn1. The number of amides is 1. The van der Waals surface area contributed by atoms with Crippen LogP contribution in [0, 0.1) is 6.92 Å². The Bertz CT molecular complexity index is 727. The van der Waals surface area contributed by atoms with E-state index in [9.17, 15) is 4.79 Å². The van der Waals surface area contributed by atoms with E-state index in [2.05, 4.69) is 61.2 Å². The molecule has 5 heteroatoms. The second-order valence-corrected chi connectivity index (χ2v) is 6.69. The molecule has 1 amide bonds. The molecule has 2 rings (SSSR count). The first-order valence-electron chi connectivity index (χ1n) is 8.88. The molecule has 25 heavy (non-hydrogen) atoms. The zero-order valence-electron chi connectivity index (χ0n) is 15.8. The maximum absolute atomic E-state index is 12.5. The van der Waals surface area contributed by atoms with E-state index in [0.29, 0.717) is 17.4 Å². The van der Waals surface area contributed by atoms with Gasteiger partial charge in [-0.15, -0.1) is 0 Å². The van der Waals surface area contributed by atoms with Crippen LogP contribution < -0.4 is 5.32 Å². The van der Waals surface area contributed by atoms with Crippen molar-refractivity contribution in [1.82, 2.24) is 14.9 Å². The fourth-order valence-corrected chi connectivity index (χ4v) is 2.71. The average Bonchev–Trinajstić information content (AvgIpc) is 2.60. The minimum Gasteiger partial charge on any atom is -0.340 e. The van der Waals surface area contributed by atoms with Gasteiger partial charge in [0.2, 0.25) is 0 Å². The van der Waals surface area contributed by atoms with Gasteiger partial charge in [0.05, 0.1) is 0 Å². The standard InChI is InChI=1S/C20H28N4O/c1-6-7-11-24(5)20(25)17-12-18(22-13-21-17)23-19-15(4)9-8-10-16(19)14(2)3/h8-10,12-14H,6-7,11H2,1-5H3,(H,21,22,23). The van der Waals surface area contributed by atoms with Gasteiger partial charge in [-0.25, -0.2) is 9.97 Å². The van der Waals surface area contributed by atoms with Crippen LogP contribution in [0.1, 0.15) is 61.1 Å². The summed E-state index contributed by atoms with van der Waals surface area (Å²) in [6, 6.07) is 7.97. The maximum atomic E-state index is 12.5. The monoisotopic (exact) mass is 340 g/mol. The highest BCUT2D eigenvalue weighted by atomic mass is 16.2. The summed E-state index contributed by atoms with van der Waals surface area (Å²) in [5, 5.41) is 3.38. The molecule has 0 aliphatic carbocycles. The van der Waals surface area contributed by atoms with E-state index in [1.54, 1.807) is 11.0 Å². The summed E-state index contributed by atoms with van der Waals surface area (Å²) in [6.07, 6.45) is 3.48. The van der Waals surface area contributed by atoms with Gasteiger partial charge in [0.1, 0.15) is 17.8 Å².